The van der Waals surface area contributed by atoms with Gasteiger partial charge in [0, 0.05) is 23.9 Å². The van der Waals surface area contributed by atoms with E-state index in [0.717, 1.165) is 43.5 Å². The van der Waals surface area contributed by atoms with Crippen molar-refractivity contribution < 1.29 is 9.72 Å². The molecule has 0 fully saturated rings. The van der Waals surface area contributed by atoms with Crippen molar-refractivity contribution in [1.29, 1.82) is 0 Å². The first kappa shape index (κ1) is 22.0. The number of carbonyl (C=O) groups excluding carboxylic acids is 1. The maximum absolute atomic E-state index is 12.6. The van der Waals surface area contributed by atoms with E-state index < -0.39 is 4.92 Å². The summed E-state index contributed by atoms with van der Waals surface area (Å²) >= 11 is 1.20. The fourth-order valence-corrected chi connectivity index (χ4v) is 4.42. The standard InChI is InChI=1S/C20H25N5O4S/c1-23(2)11-6-12-24-16-10-5-7-14(16)19(22-20(24)27)30-13-18(26)21-15-8-3-4-9-17(15)25(28)29/h3-4,8-9H,5-7,10-13H2,1-2H3,(H,21,26). The van der Waals surface area contributed by atoms with Crippen molar-refractivity contribution in [2.75, 3.05) is 31.7 Å². The molecule has 0 unspecified atom stereocenters. The second-order valence-corrected chi connectivity index (χ2v) is 8.36. The van der Waals surface area contributed by atoms with Crippen LogP contribution in [-0.2, 0) is 24.2 Å². The summed E-state index contributed by atoms with van der Waals surface area (Å²) in [5.41, 5.74) is 1.78. The van der Waals surface area contributed by atoms with E-state index in [1.165, 1.54) is 23.9 Å². The van der Waals surface area contributed by atoms with Gasteiger partial charge in [-0.3, -0.25) is 19.5 Å². The molecule has 0 spiro atoms. The number of anilines is 1. The van der Waals surface area contributed by atoms with Gasteiger partial charge in [0.05, 0.1) is 10.7 Å². The largest absolute Gasteiger partial charge is 0.348 e. The van der Waals surface area contributed by atoms with Crippen LogP contribution in [0.3, 0.4) is 0 Å². The number of aromatic nitrogens is 2. The molecule has 1 amide bonds. The summed E-state index contributed by atoms with van der Waals surface area (Å²) in [5, 5.41) is 14.3. The van der Waals surface area contributed by atoms with Crippen LogP contribution >= 0.6 is 11.8 Å². The molecule has 0 radical (unpaired) electrons. The third-order valence-electron chi connectivity index (χ3n) is 4.90. The van der Waals surface area contributed by atoms with Crippen LogP contribution in [0.4, 0.5) is 11.4 Å². The van der Waals surface area contributed by atoms with Crippen LogP contribution in [0.25, 0.3) is 0 Å². The highest BCUT2D eigenvalue weighted by Gasteiger charge is 2.23. The maximum Gasteiger partial charge on any atom is 0.348 e. The Hall–Kier alpha value is -2.72. The molecule has 1 aliphatic carbocycles. The molecule has 0 bridgehead atoms. The number of hydrogen-bond donors (Lipinski definition) is 1. The molecule has 0 atom stereocenters. The van der Waals surface area contributed by atoms with Crippen LogP contribution in [0.5, 0.6) is 0 Å². The third kappa shape index (κ3) is 5.25. The van der Waals surface area contributed by atoms with Gasteiger partial charge >= 0.3 is 5.69 Å². The van der Waals surface area contributed by atoms with Crippen LogP contribution in [0.2, 0.25) is 0 Å². The number of nitrogens with zero attached hydrogens (tertiary/aromatic N) is 4. The van der Waals surface area contributed by atoms with Gasteiger partial charge in [0.15, 0.2) is 0 Å². The van der Waals surface area contributed by atoms with E-state index in [4.69, 9.17) is 0 Å². The topological polar surface area (TPSA) is 110 Å². The van der Waals surface area contributed by atoms with Gasteiger partial charge in [-0.1, -0.05) is 23.9 Å². The number of nitrogens with one attached hydrogen (secondary N) is 1. The SMILES string of the molecule is CN(C)CCCn1c2c(c(SCC(=O)Nc3ccccc3[N+](=O)[O-])nc1=O)CCC2. The summed E-state index contributed by atoms with van der Waals surface area (Å²) in [6, 6.07) is 6.00. The molecular weight excluding hydrogens is 406 g/mol. The Kier molecular flexibility index (Phi) is 7.22. The number of fused-ring (bicyclic) bond motifs is 1. The molecule has 0 saturated carbocycles. The number of nitro benzene ring substituents is 1. The molecule has 1 aromatic carbocycles. The van der Waals surface area contributed by atoms with Crippen molar-refractivity contribution in [3.8, 4) is 0 Å². The number of hydrogen-bond acceptors (Lipinski definition) is 7. The number of thioether (sulfide) groups is 1. The molecule has 1 heterocycles. The number of carbonyl (C=O) groups is 1. The first-order chi connectivity index (χ1) is 14.4. The summed E-state index contributed by atoms with van der Waals surface area (Å²) < 4.78 is 1.77. The minimum atomic E-state index is -0.535. The summed E-state index contributed by atoms with van der Waals surface area (Å²) in [5.74, 6) is -0.353. The van der Waals surface area contributed by atoms with Gasteiger partial charge in [-0.15, -0.1) is 0 Å². The van der Waals surface area contributed by atoms with Crippen LogP contribution < -0.4 is 11.0 Å². The molecule has 0 saturated heterocycles. The molecule has 3 rings (SSSR count). The Morgan fingerprint density at radius 2 is 2.10 bits per heavy atom. The molecule has 30 heavy (non-hydrogen) atoms. The van der Waals surface area contributed by atoms with E-state index in [2.05, 4.69) is 15.2 Å². The fourth-order valence-electron chi connectivity index (χ4n) is 3.54. The second-order valence-electron chi connectivity index (χ2n) is 7.40. The Labute approximate surface area is 178 Å². The van der Waals surface area contributed by atoms with Gasteiger partial charge in [-0.2, -0.15) is 4.98 Å². The van der Waals surface area contributed by atoms with Crippen molar-refractivity contribution in [1.82, 2.24) is 14.5 Å². The Balaban J connectivity index is 1.70. The second kappa shape index (κ2) is 9.86. The Bertz CT molecular complexity index is 1010. The highest BCUT2D eigenvalue weighted by atomic mass is 32.2. The van der Waals surface area contributed by atoms with Crippen molar-refractivity contribution in [3.05, 3.63) is 56.1 Å². The van der Waals surface area contributed by atoms with E-state index in [-0.39, 0.29) is 28.7 Å². The van der Waals surface area contributed by atoms with Gasteiger partial charge in [0.25, 0.3) is 5.69 Å². The molecule has 9 nitrogen and oxygen atoms in total. The van der Waals surface area contributed by atoms with Crippen LogP contribution in [-0.4, -0.2) is 51.7 Å². The van der Waals surface area contributed by atoms with Gasteiger partial charge in [-0.25, -0.2) is 4.79 Å². The lowest BCUT2D eigenvalue weighted by molar-refractivity contribution is -0.383. The minimum absolute atomic E-state index is 0.0234. The van der Waals surface area contributed by atoms with Gasteiger partial charge in [0.2, 0.25) is 5.91 Å². The average molecular weight is 432 g/mol. The van der Waals surface area contributed by atoms with Crippen molar-refractivity contribution in [2.45, 2.75) is 37.3 Å². The molecule has 1 aromatic heterocycles. The summed E-state index contributed by atoms with van der Waals surface area (Å²) in [7, 11) is 4.00. The van der Waals surface area contributed by atoms with E-state index >= 15 is 0 Å². The zero-order valence-corrected chi connectivity index (χ0v) is 17.9. The summed E-state index contributed by atoms with van der Waals surface area (Å²) in [4.78, 5) is 41.8. The van der Waals surface area contributed by atoms with Gasteiger partial charge in [0.1, 0.15) is 10.7 Å². The molecule has 0 aliphatic heterocycles. The highest BCUT2D eigenvalue weighted by Crippen LogP contribution is 2.30. The molecule has 10 heteroatoms. The normalized spacial score (nSPS) is 12.8. The number of benzene rings is 1. The maximum atomic E-state index is 12.6. The van der Waals surface area contributed by atoms with Crippen molar-refractivity contribution in [3.63, 3.8) is 0 Å². The van der Waals surface area contributed by atoms with Crippen LogP contribution in [0.1, 0.15) is 24.1 Å². The predicted molar refractivity (Wildman–Crippen MR) is 116 cm³/mol. The molecule has 2 aromatic rings. The van der Waals surface area contributed by atoms with Crippen LogP contribution in [0, 0.1) is 10.1 Å². The first-order valence-corrected chi connectivity index (χ1v) is 10.8. The number of amides is 1. The van der Waals surface area contributed by atoms with Crippen molar-refractivity contribution >= 4 is 29.0 Å². The zero-order valence-electron chi connectivity index (χ0n) is 17.1. The molecular formula is C20H25N5O4S. The van der Waals surface area contributed by atoms with Gasteiger partial charge < -0.3 is 10.2 Å². The average Bonchev–Trinajstić information content (AvgIpc) is 3.18. The Morgan fingerprint density at radius 3 is 2.83 bits per heavy atom. The summed E-state index contributed by atoms with van der Waals surface area (Å²) in [6.45, 7) is 1.53. The lowest BCUT2D eigenvalue weighted by atomic mass is 10.2. The van der Waals surface area contributed by atoms with Crippen LogP contribution in [0.15, 0.2) is 34.1 Å². The molecule has 160 valence electrons. The Morgan fingerprint density at radius 1 is 1.33 bits per heavy atom. The lowest BCUT2D eigenvalue weighted by Crippen LogP contribution is -2.29. The van der Waals surface area contributed by atoms with Gasteiger partial charge in [-0.05, 0) is 52.4 Å². The van der Waals surface area contributed by atoms with E-state index in [0.29, 0.717) is 11.6 Å². The first-order valence-electron chi connectivity index (χ1n) is 9.80. The number of nitro groups is 1. The fraction of sp³-hybridized carbons (Fsp3) is 0.450. The molecule has 1 N–H and O–H groups in total. The third-order valence-corrected chi connectivity index (χ3v) is 5.92. The monoisotopic (exact) mass is 431 g/mol. The lowest BCUT2D eigenvalue weighted by Gasteiger charge is -2.15. The zero-order chi connectivity index (χ0) is 21.7. The van der Waals surface area contributed by atoms with E-state index in [9.17, 15) is 19.7 Å². The minimum Gasteiger partial charge on any atom is -0.320 e. The number of rotatable bonds is 9. The predicted octanol–water partition coefficient (Wildman–Crippen LogP) is 2.32. The van der Waals surface area contributed by atoms with E-state index in [1.54, 1.807) is 16.7 Å². The number of para-hydroxylation sites is 2. The van der Waals surface area contributed by atoms with Crippen molar-refractivity contribution in [2.24, 2.45) is 0 Å². The highest BCUT2D eigenvalue weighted by molar-refractivity contribution is 8.00. The smallest absolute Gasteiger partial charge is 0.320 e. The molecule has 1 aliphatic rings. The van der Waals surface area contributed by atoms with E-state index in [1.807, 2.05) is 14.1 Å². The quantitative estimate of drug-likeness (QED) is 0.281. The summed E-state index contributed by atoms with van der Waals surface area (Å²) in [6.07, 6.45) is 3.51.